The van der Waals surface area contributed by atoms with Gasteiger partial charge in [-0.05, 0) is 30.2 Å². The normalized spacial score (nSPS) is 10.8. The van der Waals surface area contributed by atoms with Crippen LogP contribution >= 0.6 is 0 Å². The van der Waals surface area contributed by atoms with Gasteiger partial charge in [-0.15, -0.1) is 0 Å². The Morgan fingerprint density at radius 2 is 1.96 bits per heavy atom. The molecular weight excluding hydrogens is 344 g/mol. The van der Waals surface area contributed by atoms with Crippen LogP contribution in [0.4, 0.5) is 5.69 Å². The molecule has 0 fully saturated rings. The van der Waals surface area contributed by atoms with Gasteiger partial charge >= 0.3 is 0 Å². The molecule has 0 aliphatic heterocycles. The van der Waals surface area contributed by atoms with E-state index in [0.29, 0.717) is 29.4 Å². The molecule has 0 aliphatic rings. The molecule has 0 saturated carbocycles. The zero-order valence-electron chi connectivity index (χ0n) is 15.5. The van der Waals surface area contributed by atoms with E-state index in [0.717, 1.165) is 0 Å². The van der Waals surface area contributed by atoms with Gasteiger partial charge in [0.1, 0.15) is 5.75 Å². The Morgan fingerprint density at radius 1 is 1.15 bits per heavy atom. The fourth-order valence-electron chi connectivity index (χ4n) is 2.63. The van der Waals surface area contributed by atoms with Gasteiger partial charge in [0.15, 0.2) is 5.69 Å². The quantitative estimate of drug-likeness (QED) is 0.702. The first kappa shape index (κ1) is 18.4. The number of carbonyl (C=O) groups is 2. The maximum atomic E-state index is 12.8. The second-order valence-corrected chi connectivity index (χ2v) is 6.53. The Balaban J connectivity index is 1.92. The van der Waals surface area contributed by atoms with Gasteiger partial charge in [0.2, 0.25) is 5.82 Å². The zero-order valence-corrected chi connectivity index (χ0v) is 15.5. The number of imidazole rings is 1. The lowest BCUT2D eigenvalue weighted by Gasteiger charge is -2.06. The third-order valence-corrected chi connectivity index (χ3v) is 3.97. The molecule has 0 aliphatic carbocycles. The second kappa shape index (κ2) is 7.90. The molecule has 2 heterocycles. The van der Waals surface area contributed by atoms with Gasteiger partial charge in [0.05, 0.1) is 12.6 Å². The summed E-state index contributed by atoms with van der Waals surface area (Å²) in [4.78, 5) is 29.6. The summed E-state index contributed by atoms with van der Waals surface area (Å²) in [5.74, 6) is 0.425. The van der Waals surface area contributed by atoms with Crippen molar-refractivity contribution in [3.8, 4) is 5.75 Å². The molecule has 0 spiro atoms. The Morgan fingerprint density at radius 3 is 2.70 bits per heavy atom. The van der Waals surface area contributed by atoms with Gasteiger partial charge in [-0.3, -0.25) is 14.0 Å². The highest BCUT2D eigenvalue weighted by Crippen LogP contribution is 2.19. The molecule has 140 valence electrons. The number of nitrogens with one attached hydrogen (secondary N) is 2. The van der Waals surface area contributed by atoms with Gasteiger partial charge in [-0.2, -0.15) is 0 Å². The third kappa shape index (κ3) is 4.08. The Kier molecular flexibility index (Phi) is 5.40. The molecule has 2 N–H and O–H groups in total. The number of carbonyl (C=O) groups excluding carboxylic acids is 2. The summed E-state index contributed by atoms with van der Waals surface area (Å²) in [6, 6.07) is 12.4. The van der Waals surface area contributed by atoms with Crippen molar-refractivity contribution >= 4 is 23.0 Å². The van der Waals surface area contributed by atoms with E-state index < -0.39 is 5.91 Å². The van der Waals surface area contributed by atoms with Crippen LogP contribution in [0, 0.1) is 5.92 Å². The molecule has 0 bridgehead atoms. The van der Waals surface area contributed by atoms with Gasteiger partial charge in [-0.1, -0.05) is 26.0 Å². The van der Waals surface area contributed by atoms with E-state index in [2.05, 4.69) is 15.6 Å². The standard InChI is InChI=1S/C20H22N4O3/c1-13(2)12-21-20(26)18-23-17(16-9-4-5-10-24(16)18)19(25)22-14-7-6-8-15(11-14)27-3/h4-11,13H,12H2,1-3H3,(H,21,26)(H,22,25). The number of pyridine rings is 1. The predicted octanol–water partition coefficient (Wildman–Crippen LogP) is 2.98. The molecule has 2 aromatic heterocycles. The highest BCUT2D eigenvalue weighted by atomic mass is 16.5. The van der Waals surface area contributed by atoms with E-state index in [4.69, 9.17) is 4.74 Å². The van der Waals surface area contributed by atoms with E-state index in [1.807, 2.05) is 13.8 Å². The van der Waals surface area contributed by atoms with Crippen LogP contribution in [0.25, 0.3) is 5.52 Å². The highest BCUT2D eigenvalue weighted by molar-refractivity contribution is 6.09. The van der Waals surface area contributed by atoms with Crippen molar-refractivity contribution in [2.45, 2.75) is 13.8 Å². The fourth-order valence-corrected chi connectivity index (χ4v) is 2.63. The van der Waals surface area contributed by atoms with E-state index in [9.17, 15) is 9.59 Å². The zero-order chi connectivity index (χ0) is 19.4. The number of benzene rings is 1. The largest absolute Gasteiger partial charge is 0.497 e. The van der Waals surface area contributed by atoms with Crippen molar-refractivity contribution in [1.29, 1.82) is 0 Å². The molecule has 3 aromatic rings. The lowest BCUT2D eigenvalue weighted by molar-refractivity contribution is 0.0938. The van der Waals surface area contributed by atoms with Crippen molar-refractivity contribution in [2.24, 2.45) is 5.92 Å². The van der Waals surface area contributed by atoms with E-state index in [1.165, 1.54) is 0 Å². The number of hydrogen-bond acceptors (Lipinski definition) is 4. The number of rotatable bonds is 6. The number of anilines is 1. The fraction of sp³-hybridized carbons (Fsp3) is 0.250. The molecule has 0 radical (unpaired) electrons. The lowest BCUT2D eigenvalue weighted by Crippen LogP contribution is -2.29. The van der Waals surface area contributed by atoms with Crippen LogP contribution in [0.15, 0.2) is 48.7 Å². The maximum Gasteiger partial charge on any atom is 0.287 e. The van der Waals surface area contributed by atoms with E-state index >= 15 is 0 Å². The van der Waals surface area contributed by atoms with Crippen LogP contribution in [-0.4, -0.2) is 34.9 Å². The van der Waals surface area contributed by atoms with Crippen molar-refractivity contribution < 1.29 is 14.3 Å². The lowest BCUT2D eigenvalue weighted by atomic mass is 10.2. The van der Waals surface area contributed by atoms with Crippen LogP contribution in [0.2, 0.25) is 0 Å². The molecule has 1 aromatic carbocycles. The second-order valence-electron chi connectivity index (χ2n) is 6.53. The van der Waals surface area contributed by atoms with Crippen molar-refractivity contribution in [2.75, 3.05) is 19.0 Å². The number of nitrogens with zero attached hydrogens (tertiary/aromatic N) is 2. The number of amides is 2. The smallest absolute Gasteiger partial charge is 0.287 e. The minimum atomic E-state index is -0.394. The summed E-state index contributed by atoms with van der Waals surface area (Å²) in [7, 11) is 1.56. The molecule has 0 unspecified atom stereocenters. The van der Waals surface area contributed by atoms with Crippen molar-refractivity contribution in [1.82, 2.24) is 14.7 Å². The van der Waals surface area contributed by atoms with Gasteiger partial charge < -0.3 is 15.4 Å². The summed E-state index contributed by atoms with van der Waals surface area (Å²) in [6.07, 6.45) is 1.72. The van der Waals surface area contributed by atoms with Crippen LogP contribution in [0.3, 0.4) is 0 Å². The summed E-state index contributed by atoms with van der Waals surface area (Å²) < 4.78 is 6.79. The summed E-state index contributed by atoms with van der Waals surface area (Å²) in [6.45, 7) is 4.56. The first-order valence-electron chi connectivity index (χ1n) is 8.70. The summed E-state index contributed by atoms with van der Waals surface area (Å²) in [5.41, 5.74) is 1.34. The van der Waals surface area contributed by atoms with E-state index in [-0.39, 0.29) is 17.4 Å². The van der Waals surface area contributed by atoms with Crippen molar-refractivity contribution in [3.63, 3.8) is 0 Å². The Labute approximate surface area is 157 Å². The highest BCUT2D eigenvalue weighted by Gasteiger charge is 2.21. The SMILES string of the molecule is COc1cccc(NC(=O)c2nc(C(=O)NCC(C)C)n3ccccc23)c1. The topological polar surface area (TPSA) is 84.7 Å². The van der Waals surface area contributed by atoms with Crippen LogP contribution in [-0.2, 0) is 0 Å². The van der Waals surface area contributed by atoms with Crippen LogP contribution in [0.1, 0.15) is 35.0 Å². The van der Waals surface area contributed by atoms with E-state index in [1.54, 1.807) is 60.2 Å². The minimum Gasteiger partial charge on any atom is -0.497 e. The first-order chi connectivity index (χ1) is 13.0. The molecule has 0 atom stereocenters. The monoisotopic (exact) mass is 366 g/mol. The Bertz CT molecular complexity index is 978. The average molecular weight is 366 g/mol. The van der Waals surface area contributed by atoms with Crippen LogP contribution < -0.4 is 15.4 Å². The number of hydrogen-bond donors (Lipinski definition) is 2. The number of aromatic nitrogens is 2. The molecular formula is C20H22N4O3. The number of ether oxygens (including phenoxy) is 1. The number of methoxy groups -OCH3 is 1. The van der Waals surface area contributed by atoms with Crippen LogP contribution in [0.5, 0.6) is 5.75 Å². The molecule has 7 heteroatoms. The number of fused-ring (bicyclic) bond motifs is 1. The maximum absolute atomic E-state index is 12.8. The minimum absolute atomic E-state index is 0.182. The Hall–Kier alpha value is -3.35. The molecule has 27 heavy (non-hydrogen) atoms. The summed E-state index contributed by atoms with van der Waals surface area (Å²) in [5, 5.41) is 5.64. The third-order valence-electron chi connectivity index (χ3n) is 3.97. The van der Waals surface area contributed by atoms with Gasteiger partial charge in [-0.25, -0.2) is 4.98 Å². The first-order valence-corrected chi connectivity index (χ1v) is 8.70. The average Bonchev–Trinajstić information content (AvgIpc) is 3.06. The van der Waals surface area contributed by atoms with Gasteiger partial charge in [0.25, 0.3) is 11.8 Å². The summed E-state index contributed by atoms with van der Waals surface area (Å²) >= 11 is 0. The molecule has 2 amide bonds. The van der Waals surface area contributed by atoms with Crippen molar-refractivity contribution in [3.05, 3.63) is 60.2 Å². The molecule has 3 rings (SSSR count). The molecule has 0 saturated heterocycles. The molecule has 7 nitrogen and oxygen atoms in total. The predicted molar refractivity (Wildman–Crippen MR) is 103 cm³/mol. The van der Waals surface area contributed by atoms with Gasteiger partial charge in [0, 0.05) is 24.5 Å².